The zero-order valence-corrected chi connectivity index (χ0v) is 12.8. The Kier molecular flexibility index (Phi) is 3.90. The van der Waals surface area contributed by atoms with Crippen LogP contribution < -0.4 is 10.6 Å². The monoisotopic (exact) mass is 321 g/mol. The SMILES string of the molecule is Cn1ncc(-c2nc(C(N)=O)cs2)c1N1CCOCCC1=O. The molecule has 3 heterocycles. The average Bonchev–Trinajstić information content (AvgIpc) is 3.04. The largest absolute Gasteiger partial charge is 0.379 e. The van der Waals surface area contributed by atoms with Gasteiger partial charge in [0.2, 0.25) is 5.91 Å². The molecule has 0 spiro atoms. The average molecular weight is 321 g/mol. The standard InChI is InChI=1S/C13H15N5O3S/c1-17-13(18-3-5-21-4-2-10(18)19)8(6-15-17)12-16-9(7-22-12)11(14)20/h6-7H,2-5H2,1H3,(H2,14,20). The summed E-state index contributed by atoms with van der Waals surface area (Å²) in [5, 5.41) is 6.43. The van der Waals surface area contributed by atoms with E-state index < -0.39 is 5.91 Å². The predicted molar refractivity (Wildman–Crippen MR) is 80.6 cm³/mol. The van der Waals surface area contributed by atoms with Crippen LogP contribution in [0.15, 0.2) is 11.6 Å². The van der Waals surface area contributed by atoms with E-state index in [2.05, 4.69) is 10.1 Å². The van der Waals surface area contributed by atoms with Gasteiger partial charge in [-0.1, -0.05) is 0 Å². The summed E-state index contributed by atoms with van der Waals surface area (Å²) in [6.45, 7) is 1.35. The Bertz CT molecular complexity index is 723. The zero-order chi connectivity index (χ0) is 15.7. The molecule has 1 aliphatic rings. The molecule has 0 radical (unpaired) electrons. The first-order valence-electron chi connectivity index (χ1n) is 6.73. The molecule has 0 unspecified atom stereocenters. The Hall–Kier alpha value is -2.26. The van der Waals surface area contributed by atoms with Gasteiger partial charge in [0.1, 0.15) is 16.5 Å². The first-order chi connectivity index (χ1) is 10.6. The fourth-order valence-electron chi connectivity index (χ4n) is 2.31. The van der Waals surface area contributed by atoms with Crippen LogP contribution in [-0.4, -0.2) is 46.3 Å². The molecular weight excluding hydrogens is 306 g/mol. The minimum Gasteiger partial charge on any atom is -0.379 e. The number of anilines is 1. The fraction of sp³-hybridized carbons (Fsp3) is 0.385. The maximum absolute atomic E-state index is 12.3. The minimum absolute atomic E-state index is 0.0194. The van der Waals surface area contributed by atoms with E-state index in [9.17, 15) is 9.59 Å². The number of primary amides is 1. The third-order valence-electron chi connectivity index (χ3n) is 3.37. The van der Waals surface area contributed by atoms with Gasteiger partial charge in [0.15, 0.2) is 0 Å². The molecule has 0 aromatic carbocycles. The molecule has 2 amide bonds. The second kappa shape index (κ2) is 5.85. The number of nitrogens with two attached hydrogens (primary N) is 1. The number of carbonyl (C=O) groups excluding carboxylic acids is 2. The number of nitrogens with zero attached hydrogens (tertiary/aromatic N) is 4. The molecule has 0 aliphatic carbocycles. The van der Waals surface area contributed by atoms with Crippen LogP contribution in [0.2, 0.25) is 0 Å². The summed E-state index contributed by atoms with van der Waals surface area (Å²) in [7, 11) is 1.76. The molecule has 1 saturated heterocycles. The summed E-state index contributed by atoms with van der Waals surface area (Å²) in [5.41, 5.74) is 6.15. The minimum atomic E-state index is -0.577. The van der Waals surface area contributed by atoms with Crippen molar-refractivity contribution in [3.05, 3.63) is 17.3 Å². The highest BCUT2D eigenvalue weighted by Crippen LogP contribution is 2.33. The number of ether oxygens (including phenoxy) is 1. The van der Waals surface area contributed by atoms with Gasteiger partial charge in [0, 0.05) is 12.4 Å². The number of hydrogen-bond acceptors (Lipinski definition) is 6. The Morgan fingerprint density at radius 2 is 2.27 bits per heavy atom. The van der Waals surface area contributed by atoms with Gasteiger partial charge in [-0.15, -0.1) is 11.3 Å². The lowest BCUT2D eigenvalue weighted by atomic mass is 10.3. The number of aryl methyl sites for hydroxylation is 1. The van der Waals surface area contributed by atoms with Crippen LogP contribution in [0.5, 0.6) is 0 Å². The van der Waals surface area contributed by atoms with Crippen molar-refractivity contribution in [3.63, 3.8) is 0 Å². The van der Waals surface area contributed by atoms with Crippen molar-refractivity contribution in [1.29, 1.82) is 0 Å². The third-order valence-corrected chi connectivity index (χ3v) is 4.25. The summed E-state index contributed by atoms with van der Waals surface area (Å²) in [6, 6.07) is 0. The van der Waals surface area contributed by atoms with Gasteiger partial charge in [0.05, 0.1) is 37.9 Å². The van der Waals surface area contributed by atoms with Crippen molar-refractivity contribution in [2.75, 3.05) is 24.7 Å². The highest BCUT2D eigenvalue weighted by Gasteiger charge is 2.26. The molecule has 9 heteroatoms. The van der Waals surface area contributed by atoms with E-state index >= 15 is 0 Å². The van der Waals surface area contributed by atoms with Gasteiger partial charge in [0.25, 0.3) is 5.91 Å². The third kappa shape index (κ3) is 2.60. The molecule has 1 aliphatic heterocycles. The Labute approximate surface area is 130 Å². The Balaban J connectivity index is 2.02. The summed E-state index contributed by atoms with van der Waals surface area (Å²) >= 11 is 1.29. The normalized spacial score (nSPS) is 15.9. The van der Waals surface area contributed by atoms with E-state index in [1.54, 1.807) is 28.2 Å². The topological polar surface area (TPSA) is 103 Å². The Morgan fingerprint density at radius 1 is 1.45 bits per heavy atom. The van der Waals surface area contributed by atoms with Gasteiger partial charge < -0.3 is 10.5 Å². The van der Waals surface area contributed by atoms with Crippen molar-refractivity contribution < 1.29 is 14.3 Å². The van der Waals surface area contributed by atoms with E-state index in [0.717, 1.165) is 0 Å². The molecule has 2 aromatic heterocycles. The molecule has 2 N–H and O–H groups in total. The molecule has 0 bridgehead atoms. The van der Waals surface area contributed by atoms with Gasteiger partial charge >= 0.3 is 0 Å². The van der Waals surface area contributed by atoms with Gasteiger partial charge in [-0.25, -0.2) is 4.98 Å². The van der Waals surface area contributed by atoms with Crippen molar-refractivity contribution in [2.45, 2.75) is 6.42 Å². The van der Waals surface area contributed by atoms with Crippen LogP contribution in [0.4, 0.5) is 5.82 Å². The summed E-state index contributed by atoms with van der Waals surface area (Å²) < 4.78 is 6.98. The lowest BCUT2D eigenvalue weighted by molar-refractivity contribution is -0.118. The van der Waals surface area contributed by atoms with Crippen LogP contribution in [0.3, 0.4) is 0 Å². The summed E-state index contributed by atoms with van der Waals surface area (Å²) in [5.74, 6) is 0.0575. The highest BCUT2D eigenvalue weighted by atomic mass is 32.1. The predicted octanol–water partition coefficient (Wildman–Crippen LogP) is 0.396. The van der Waals surface area contributed by atoms with E-state index in [1.165, 1.54) is 11.3 Å². The number of carbonyl (C=O) groups is 2. The molecule has 3 rings (SSSR count). The van der Waals surface area contributed by atoms with E-state index in [-0.39, 0.29) is 11.6 Å². The molecule has 1 fully saturated rings. The maximum atomic E-state index is 12.3. The van der Waals surface area contributed by atoms with Gasteiger partial charge in [-0.05, 0) is 0 Å². The lowest BCUT2D eigenvalue weighted by Gasteiger charge is -2.21. The quantitative estimate of drug-likeness (QED) is 0.881. The smallest absolute Gasteiger partial charge is 0.268 e. The van der Waals surface area contributed by atoms with Crippen LogP contribution in [0.25, 0.3) is 10.6 Å². The number of thiazole rings is 1. The van der Waals surface area contributed by atoms with Crippen LogP contribution in [0.1, 0.15) is 16.9 Å². The number of hydrogen-bond donors (Lipinski definition) is 1. The van der Waals surface area contributed by atoms with Crippen molar-refractivity contribution in [2.24, 2.45) is 12.8 Å². The van der Waals surface area contributed by atoms with Crippen molar-refractivity contribution in [1.82, 2.24) is 14.8 Å². The molecular formula is C13H15N5O3S. The second-order valence-electron chi connectivity index (χ2n) is 4.82. The van der Waals surface area contributed by atoms with E-state index in [0.29, 0.717) is 42.6 Å². The fourth-order valence-corrected chi connectivity index (χ4v) is 3.13. The van der Waals surface area contributed by atoms with Crippen LogP contribution >= 0.6 is 11.3 Å². The first-order valence-corrected chi connectivity index (χ1v) is 7.61. The number of amides is 2. The van der Waals surface area contributed by atoms with Gasteiger partial charge in [-0.3, -0.25) is 19.2 Å². The van der Waals surface area contributed by atoms with Crippen LogP contribution in [0, 0.1) is 0 Å². The first kappa shape index (κ1) is 14.7. The molecule has 8 nitrogen and oxygen atoms in total. The van der Waals surface area contributed by atoms with Crippen LogP contribution in [-0.2, 0) is 16.6 Å². The number of rotatable bonds is 3. The van der Waals surface area contributed by atoms with Crippen molar-refractivity contribution >= 4 is 29.0 Å². The highest BCUT2D eigenvalue weighted by molar-refractivity contribution is 7.13. The van der Waals surface area contributed by atoms with Gasteiger partial charge in [-0.2, -0.15) is 5.10 Å². The van der Waals surface area contributed by atoms with E-state index in [1.807, 2.05) is 0 Å². The molecule has 0 saturated carbocycles. The Morgan fingerprint density at radius 3 is 3.00 bits per heavy atom. The zero-order valence-electron chi connectivity index (χ0n) is 12.0. The summed E-state index contributed by atoms with van der Waals surface area (Å²) in [4.78, 5) is 29.3. The molecule has 116 valence electrons. The maximum Gasteiger partial charge on any atom is 0.268 e. The second-order valence-corrected chi connectivity index (χ2v) is 5.67. The summed E-state index contributed by atoms with van der Waals surface area (Å²) in [6.07, 6.45) is 1.97. The molecule has 0 atom stereocenters. The number of aromatic nitrogens is 3. The van der Waals surface area contributed by atoms with E-state index in [4.69, 9.17) is 10.5 Å². The molecule has 2 aromatic rings. The lowest BCUT2D eigenvalue weighted by Crippen LogP contribution is -2.33. The van der Waals surface area contributed by atoms with Crippen molar-refractivity contribution in [3.8, 4) is 10.6 Å². The molecule has 22 heavy (non-hydrogen) atoms.